The molecule has 2 N–H and O–H groups in total. The van der Waals surface area contributed by atoms with Gasteiger partial charge in [-0.1, -0.05) is 34.1 Å². The van der Waals surface area contributed by atoms with Gasteiger partial charge in [-0.2, -0.15) is 0 Å². The summed E-state index contributed by atoms with van der Waals surface area (Å²) in [6.45, 7) is 3.81. The van der Waals surface area contributed by atoms with Crippen LogP contribution in [0.5, 0.6) is 11.5 Å². The van der Waals surface area contributed by atoms with Gasteiger partial charge in [0.15, 0.2) is 11.5 Å². The monoisotopic (exact) mass is 511 g/mol. The van der Waals surface area contributed by atoms with Crippen LogP contribution in [0.25, 0.3) is 6.08 Å². The van der Waals surface area contributed by atoms with Crippen LogP contribution in [0.1, 0.15) is 25.0 Å². The Morgan fingerprint density at radius 2 is 1.86 bits per heavy atom. The predicted molar refractivity (Wildman–Crippen MR) is 113 cm³/mol. The lowest BCUT2D eigenvalue weighted by molar-refractivity contribution is -0.134. The third kappa shape index (κ3) is 6.10. The molecule has 0 fully saturated rings. The number of ether oxygens (including phenoxy) is 2. The fourth-order valence-electron chi connectivity index (χ4n) is 2.35. The number of aliphatic carboxylic acids is 1. The van der Waals surface area contributed by atoms with E-state index in [-0.39, 0.29) is 5.70 Å². The zero-order valence-corrected chi connectivity index (χ0v) is 18.5. The Hall–Kier alpha value is -2.32. The van der Waals surface area contributed by atoms with E-state index in [0.29, 0.717) is 34.7 Å². The first-order valence-electron chi connectivity index (χ1n) is 8.37. The maximum absolute atomic E-state index is 11.3. The number of carboxylic acid groups (broad SMARTS) is 1. The van der Waals surface area contributed by atoms with E-state index in [1.165, 1.54) is 13.0 Å². The van der Waals surface area contributed by atoms with Crippen molar-refractivity contribution in [2.45, 2.75) is 20.5 Å². The summed E-state index contributed by atoms with van der Waals surface area (Å²) in [5.41, 5.74) is 1.28. The van der Waals surface area contributed by atoms with E-state index < -0.39 is 11.9 Å². The second-order valence-corrected chi connectivity index (χ2v) is 7.40. The molecule has 0 atom stereocenters. The molecule has 0 heterocycles. The minimum absolute atomic E-state index is 0.233. The minimum atomic E-state index is -1.24. The minimum Gasteiger partial charge on any atom is -0.490 e. The highest BCUT2D eigenvalue weighted by molar-refractivity contribution is 9.10. The number of rotatable bonds is 8. The van der Waals surface area contributed by atoms with E-state index in [1.54, 1.807) is 12.1 Å². The average Bonchev–Trinajstić information content (AvgIpc) is 2.61. The van der Waals surface area contributed by atoms with Gasteiger partial charge >= 0.3 is 5.97 Å². The van der Waals surface area contributed by atoms with Crippen LogP contribution >= 0.6 is 31.9 Å². The van der Waals surface area contributed by atoms with Crippen molar-refractivity contribution < 1.29 is 24.2 Å². The normalized spacial score (nSPS) is 11.1. The number of halogens is 2. The van der Waals surface area contributed by atoms with E-state index in [1.807, 2.05) is 31.2 Å². The van der Waals surface area contributed by atoms with E-state index in [4.69, 9.17) is 9.47 Å². The molecule has 0 saturated carbocycles. The number of carboxylic acids is 1. The van der Waals surface area contributed by atoms with E-state index in [2.05, 4.69) is 37.2 Å². The van der Waals surface area contributed by atoms with Gasteiger partial charge in [-0.3, -0.25) is 4.79 Å². The highest BCUT2D eigenvalue weighted by Gasteiger charge is 2.15. The number of benzene rings is 2. The van der Waals surface area contributed by atoms with Crippen molar-refractivity contribution in [2.75, 3.05) is 6.61 Å². The molecule has 2 aromatic rings. The zero-order valence-electron chi connectivity index (χ0n) is 15.3. The maximum Gasteiger partial charge on any atom is 0.352 e. The molecule has 2 aromatic carbocycles. The average molecular weight is 513 g/mol. The summed E-state index contributed by atoms with van der Waals surface area (Å²) in [6.07, 6.45) is 1.36. The Kier molecular flexibility index (Phi) is 8.07. The molecule has 0 aliphatic heterocycles. The lowest BCUT2D eigenvalue weighted by Crippen LogP contribution is -2.24. The lowest BCUT2D eigenvalue weighted by atomic mass is 10.1. The summed E-state index contributed by atoms with van der Waals surface area (Å²) in [4.78, 5) is 22.6. The van der Waals surface area contributed by atoms with Gasteiger partial charge in [-0.05, 0) is 52.7 Å². The molecule has 28 heavy (non-hydrogen) atoms. The van der Waals surface area contributed by atoms with Gasteiger partial charge in [0.2, 0.25) is 5.91 Å². The Labute approximate surface area is 179 Å². The maximum atomic E-state index is 11.3. The van der Waals surface area contributed by atoms with Crippen LogP contribution < -0.4 is 14.8 Å². The number of carbonyl (C=O) groups excluding carboxylic acids is 1. The van der Waals surface area contributed by atoms with Gasteiger partial charge in [0.1, 0.15) is 12.3 Å². The largest absolute Gasteiger partial charge is 0.490 e. The van der Waals surface area contributed by atoms with Crippen LogP contribution in [0.3, 0.4) is 0 Å². The van der Waals surface area contributed by atoms with Crippen LogP contribution in [0.15, 0.2) is 51.0 Å². The number of amides is 1. The summed E-state index contributed by atoms with van der Waals surface area (Å²) in [5.74, 6) is -0.737. The molecule has 0 spiro atoms. The van der Waals surface area contributed by atoms with Crippen molar-refractivity contribution in [3.05, 3.63) is 62.2 Å². The quantitative estimate of drug-likeness (QED) is 0.498. The highest BCUT2D eigenvalue weighted by Crippen LogP contribution is 2.38. The second-order valence-electron chi connectivity index (χ2n) is 5.69. The summed E-state index contributed by atoms with van der Waals surface area (Å²) in [5, 5.41) is 11.6. The third-order valence-corrected chi connectivity index (χ3v) is 4.88. The first-order valence-corrected chi connectivity index (χ1v) is 9.95. The zero-order chi connectivity index (χ0) is 20.7. The molecular formula is C20H19Br2NO5. The molecule has 148 valence electrons. The van der Waals surface area contributed by atoms with Crippen molar-refractivity contribution >= 4 is 49.8 Å². The molecule has 6 nitrogen and oxygen atoms in total. The molecule has 1 amide bonds. The van der Waals surface area contributed by atoms with Crippen LogP contribution in [0.4, 0.5) is 0 Å². The molecule has 0 aliphatic rings. The van der Waals surface area contributed by atoms with E-state index in [0.717, 1.165) is 10.0 Å². The van der Waals surface area contributed by atoms with E-state index in [9.17, 15) is 14.7 Å². The second kappa shape index (κ2) is 10.3. The Morgan fingerprint density at radius 3 is 2.46 bits per heavy atom. The number of hydrogen-bond acceptors (Lipinski definition) is 4. The molecular weight excluding hydrogens is 494 g/mol. The summed E-state index contributed by atoms with van der Waals surface area (Å²) >= 11 is 6.95. The summed E-state index contributed by atoms with van der Waals surface area (Å²) in [7, 11) is 0. The van der Waals surface area contributed by atoms with Gasteiger partial charge in [0.05, 0.1) is 11.1 Å². The molecule has 0 unspecified atom stereocenters. The molecule has 0 bridgehead atoms. The standard InChI is InChI=1S/C20H19Br2NO5/c1-3-27-18-10-13(9-17(20(25)26)23-12(2)24)8-16(22)19(18)28-11-14-6-4-5-7-15(14)21/h4-10H,3,11H2,1-2H3,(H,23,24)(H,25,26)/b17-9+. The topological polar surface area (TPSA) is 84.9 Å². The highest BCUT2D eigenvalue weighted by atomic mass is 79.9. The molecule has 0 aromatic heterocycles. The lowest BCUT2D eigenvalue weighted by Gasteiger charge is -2.15. The van der Waals surface area contributed by atoms with Crippen molar-refractivity contribution in [1.29, 1.82) is 0 Å². The first kappa shape index (κ1) is 22.0. The molecule has 8 heteroatoms. The Bertz CT molecular complexity index is 911. The van der Waals surface area contributed by atoms with Gasteiger partial charge in [0, 0.05) is 17.0 Å². The van der Waals surface area contributed by atoms with Gasteiger partial charge in [0.25, 0.3) is 0 Å². The number of nitrogens with one attached hydrogen (secondary N) is 1. The first-order chi connectivity index (χ1) is 13.3. The van der Waals surface area contributed by atoms with Gasteiger partial charge in [-0.15, -0.1) is 0 Å². The fraction of sp³-hybridized carbons (Fsp3) is 0.200. The Morgan fingerprint density at radius 1 is 1.14 bits per heavy atom. The van der Waals surface area contributed by atoms with Crippen molar-refractivity contribution in [2.24, 2.45) is 0 Å². The third-order valence-electron chi connectivity index (χ3n) is 3.51. The van der Waals surface area contributed by atoms with E-state index >= 15 is 0 Å². The van der Waals surface area contributed by atoms with Crippen molar-refractivity contribution in [3.63, 3.8) is 0 Å². The number of carbonyl (C=O) groups is 2. The fourth-order valence-corrected chi connectivity index (χ4v) is 3.32. The van der Waals surface area contributed by atoms with Crippen molar-refractivity contribution in [1.82, 2.24) is 5.32 Å². The molecule has 0 saturated heterocycles. The van der Waals surface area contributed by atoms with Gasteiger partial charge in [-0.25, -0.2) is 4.79 Å². The Balaban J connectivity index is 2.36. The number of hydrogen-bond donors (Lipinski definition) is 2. The van der Waals surface area contributed by atoms with Crippen molar-refractivity contribution in [3.8, 4) is 11.5 Å². The van der Waals surface area contributed by atoms with Gasteiger partial charge < -0.3 is 19.9 Å². The van der Waals surface area contributed by atoms with Crippen LogP contribution in [0, 0.1) is 0 Å². The predicted octanol–water partition coefficient (Wildman–Crippen LogP) is 4.75. The molecule has 2 rings (SSSR count). The summed E-state index contributed by atoms with van der Waals surface area (Å²) < 4.78 is 13.2. The SMILES string of the molecule is CCOc1cc(/C=C(/NC(C)=O)C(=O)O)cc(Br)c1OCc1ccccc1Br. The molecule has 0 aliphatic carbocycles. The van der Waals surface area contributed by atoms with Crippen LogP contribution in [-0.2, 0) is 16.2 Å². The summed E-state index contributed by atoms with van der Waals surface area (Å²) in [6, 6.07) is 11.1. The smallest absolute Gasteiger partial charge is 0.352 e. The van der Waals surface area contributed by atoms with Crippen LogP contribution in [-0.4, -0.2) is 23.6 Å². The van der Waals surface area contributed by atoms with Crippen LogP contribution in [0.2, 0.25) is 0 Å². The molecule has 0 radical (unpaired) electrons.